The standard InChI is InChI=1S/C19H14N2O5S/c1-27-13-5-2-11(3-6-13)8-14-17(22)20-19(24)21(18(14)23)12-4-7-15-16(9-12)26-10-25-15/h2-9H,10H2,1H3,(H,20,22,24)/b14-8+. The molecule has 1 N–H and O–H groups in total. The molecule has 0 saturated carbocycles. The van der Waals surface area contributed by atoms with Crippen molar-refractivity contribution in [2.45, 2.75) is 4.90 Å². The summed E-state index contributed by atoms with van der Waals surface area (Å²) in [5, 5.41) is 2.20. The first kappa shape index (κ1) is 17.2. The molecule has 1 saturated heterocycles. The number of hydrogen-bond acceptors (Lipinski definition) is 6. The second-order valence-corrected chi connectivity index (χ2v) is 6.65. The van der Waals surface area contributed by atoms with Crippen LogP contribution in [0.15, 0.2) is 52.9 Å². The van der Waals surface area contributed by atoms with Crippen LogP contribution >= 0.6 is 11.8 Å². The Morgan fingerprint density at radius 2 is 1.78 bits per heavy atom. The van der Waals surface area contributed by atoms with Crippen LogP contribution in [0.3, 0.4) is 0 Å². The van der Waals surface area contributed by atoms with Crippen LogP contribution in [0.1, 0.15) is 5.56 Å². The van der Waals surface area contributed by atoms with E-state index in [1.807, 2.05) is 18.4 Å². The average molecular weight is 382 g/mol. The number of ether oxygens (including phenoxy) is 2. The van der Waals surface area contributed by atoms with Gasteiger partial charge in [0, 0.05) is 11.0 Å². The van der Waals surface area contributed by atoms with Crippen molar-refractivity contribution in [3.8, 4) is 11.5 Å². The first-order chi connectivity index (χ1) is 13.1. The molecule has 1 fully saturated rings. The van der Waals surface area contributed by atoms with Gasteiger partial charge >= 0.3 is 6.03 Å². The van der Waals surface area contributed by atoms with E-state index in [1.165, 1.54) is 12.1 Å². The monoisotopic (exact) mass is 382 g/mol. The molecule has 0 aliphatic carbocycles. The molecule has 4 amide bonds. The second kappa shape index (κ2) is 6.81. The second-order valence-electron chi connectivity index (χ2n) is 5.77. The molecule has 8 heteroatoms. The first-order valence-electron chi connectivity index (χ1n) is 8.02. The summed E-state index contributed by atoms with van der Waals surface area (Å²) >= 11 is 1.59. The third-order valence-corrected chi connectivity index (χ3v) is 4.89. The maximum absolute atomic E-state index is 12.9. The zero-order valence-corrected chi connectivity index (χ0v) is 15.0. The van der Waals surface area contributed by atoms with Crippen LogP contribution in [0.4, 0.5) is 10.5 Å². The van der Waals surface area contributed by atoms with Gasteiger partial charge in [0.15, 0.2) is 11.5 Å². The summed E-state index contributed by atoms with van der Waals surface area (Å²) in [5.41, 5.74) is 0.855. The molecule has 2 aromatic rings. The summed E-state index contributed by atoms with van der Waals surface area (Å²) in [4.78, 5) is 39.3. The molecular weight excluding hydrogens is 368 g/mol. The number of barbiturate groups is 1. The Bertz CT molecular complexity index is 984. The fourth-order valence-corrected chi connectivity index (χ4v) is 3.19. The molecule has 0 atom stereocenters. The summed E-state index contributed by atoms with van der Waals surface area (Å²) in [7, 11) is 0. The molecule has 2 aliphatic heterocycles. The fourth-order valence-electron chi connectivity index (χ4n) is 2.78. The van der Waals surface area contributed by atoms with Gasteiger partial charge in [0.2, 0.25) is 6.79 Å². The lowest BCUT2D eigenvalue weighted by Crippen LogP contribution is -2.54. The number of carbonyl (C=O) groups excluding carboxylic acids is 3. The summed E-state index contributed by atoms with van der Waals surface area (Å²) in [6, 6.07) is 11.3. The molecule has 0 aromatic heterocycles. The van der Waals surface area contributed by atoms with Crippen molar-refractivity contribution in [2.24, 2.45) is 0 Å². The number of thioether (sulfide) groups is 1. The maximum atomic E-state index is 12.9. The fraction of sp³-hybridized carbons (Fsp3) is 0.105. The predicted molar refractivity (Wildman–Crippen MR) is 99.8 cm³/mol. The highest BCUT2D eigenvalue weighted by atomic mass is 32.2. The van der Waals surface area contributed by atoms with Gasteiger partial charge in [-0.2, -0.15) is 0 Å². The molecule has 0 radical (unpaired) electrons. The van der Waals surface area contributed by atoms with Crippen molar-refractivity contribution < 1.29 is 23.9 Å². The summed E-state index contributed by atoms with van der Waals surface area (Å²) in [6.45, 7) is 0.0780. The van der Waals surface area contributed by atoms with Crippen LogP contribution < -0.4 is 19.7 Å². The van der Waals surface area contributed by atoms with Crippen molar-refractivity contribution in [1.82, 2.24) is 5.32 Å². The summed E-state index contributed by atoms with van der Waals surface area (Å²) in [5.74, 6) is -0.458. The van der Waals surface area contributed by atoms with Crippen LogP contribution in [-0.4, -0.2) is 30.9 Å². The van der Waals surface area contributed by atoms with E-state index in [-0.39, 0.29) is 18.1 Å². The van der Waals surface area contributed by atoms with Crippen molar-refractivity contribution >= 4 is 41.4 Å². The van der Waals surface area contributed by atoms with Gasteiger partial charge in [-0.25, -0.2) is 9.69 Å². The summed E-state index contributed by atoms with van der Waals surface area (Å²) in [6.07, 6.45) is 3.43. The molecular formula is C19H14N2O5S. The van der Waals surface area contributed by atoms with Gasteiger partial charge < -0.3 is 9.47 Å². The van der Waals surface area contributed by atoms with E-state index in [9.17, 15) is 14.4 Å². The van der Waals surface area contributed by atoms with E-state index < -0.39 is 17.8 Å². The average Bonchev–Trinajstić information content (AvgIpc) is 3.13. The number of amides is 4. The number of benzene rings is 2. The number of carbonyl (C=O) groups is 3. The van der Waals surface area contributed by atoms with Crippen LogP contribution in [-0.2, 0) is 9.59 Å². The molecule has 2 aromatic carbocycles. The third kappa shape index (κ3) is 3.15. The minimum Gasteiger partial charge on any atom is -0.454 e. The topological polar surface area (TPSA) is 84.9 Å². The largest absolute Gasteiger partial charge is 0.454 e. The van der Waals surface area contributed by atoms with E-state index in [4.69, 9.17) is 9.47 Å². The number of nitrogens with one attached hydrogen (secondary N) is 1. The Hall–Kier alpha value is -3.26. The molecule has 2 heterocycles. The van der Waals surface area contributed by atoms with Crippen molar-refractivity contribution in [3.63, 3.8) is 0 Å². The van der Waals surface area contributed by atoms with E-state index in [0.717, 1.165) is 9.80 Å². The van der Waals surface area contributed by atoms with Crippen molar-refractivity contribution in [1.29, 1.82) is 0 Å². The number of fused-ring (bicyclic) bond motifs is 1. The molecule has 0 unspecified atom stereocenters. The number of imide groups is 2. The molecule has 7 nitrogen and oxygen atoms in total. The van der Waals surface area contributed by atoms with E-state index >= 15 is 0 Å². The SMILES string of the molecule is CSc1ccc(/C=C2\C(=O)NC(=O)N(c3ccc4c(c3)OCO4)C2=O)cc1. The van der Waals surface area contributed by atoms with Gasteiger partial charge in [-0.15, -0.1) is 11.8 Å². The Morgan fingerprint density at radius 3 is 2.52 bits per heavy atom. The lowest BCUT2D eigenvalue weighted by atomic mass is 10.1. The number of hydrogen-bond donors (Lipinski definition) is 1. The maximum Gasteiger partial charge on any atom is 0.335 e. The lowest BCUT2D eigenvalue weighted by molar-refractivity contribution is -0.122. The number of nitrogens with zero attached hydrogens (tertiary/aromatic N) is 1. The molecule has 27 heavy (non-hydrogen) atoms. The Balaban J connectivity index is 1.69. The molecule has 2 aliphatic rings. The Kier molecular flexibility index (Phi) is 4.33. The first-order valence-corrected chi connectivity index (χ1v) is 9.24. The number of anilines is 1. The third-order valence-electron chi connectivity index (χ3n) is 4.14. The highest BCUT2D eigenvalue weighted by molar-refractivity contribution is 7.98. The normalized spacial score (nSPS) is 17.4. The number of rotatable bonds is 3. The molecule has 0 bridgehead atoms. The van der Waals surface area contributed by atoms with Crippen molar-refractivity contribution in [2.75, 3.05) is 17.9 Å². The molecule has 0 spiro atoms. The number of urea groups is 1. The van der Waals surface area contributed by atoms with Gasteiger partial charge in [0.1, 0.15) is 5.57 Å². The predicted octanol–water partition coefficient (Wildman–Crippen LogP) is 2.80. The van der Waals surface area contributed by atoms with Crippen LogP contribution in [0.5, 0.6) is 11.5 Å². The zero-order chi connectivity index (χ0) is 19.0. The van der Waals surface area contributed by atoms with Gasteiger partial charge in [0.25, 0.3) is 11.8 Å². The van der Waals surface area contributed by atoms with E-state index in [1.54, 1.807) is 36.0 Å². The minimum atomic E-state index is -0.807. The van der Waals surface area contributed by atoms with Gasteiger partial charge in [0.05, 0.1) is 5.69 Å². The van der Waals surface area contributed by atoms with E-state index in [0.29, 0.717) is 17.1 Å². The smallest absolute Gasteiger partial charge is 0.335 e. The molecule has 4 rings (SSSR count). The summed E-state index contributed by atoms with van der Waals surface area (Å²) < 4.78 is 10.5. The lowest BCUT2D eigenvalue weighted by Gasteiger charge is -2.26. The van der Waals surface area contributed by atoms with Crippen molar-refractivity contribution in [3.05, 3.63) is 53.6 Å². The van der Waals surface area contributed by atoms with Crippen LogP contribution in [0.2, 0.25) is 0 Å². The van der Waals surface area contributed by atoms with Crippen LogP contribution in [0.25, 0.3) is 6.08 Å². The quantitative estimate of drug-likeness (QED) is 0.499. The highest BCUT2D eigenvalue weighted by Gasteiger charge is 2.37. The minimum absolute atomic E-state index is 0.0780. The Morgan fingerprint density at radius 1 is 1.04 bits per heavy atom. The van der Waals surface area contributed by atoms with E-state index in [2.05, 4.69) is 5.32 Å². The highest BCUT2D eigenvalue weighted by Crippen LogP contribution is 2.36. The van der Waals surface area contributed by atoms with Gasteiger partial charge in [-0.1, -0.05) is 12.1 Å². The zero-order valence-electron chi connectivity index (χ0n) is 14.2. The van der Waals surface area contributed by atoms with Gasteiger partial charge in [-0.3, -0.25) is 14.9 Å². The van der Waals surface area contributed by atoms with Crippen LogP contribution in [0, 0.1) is 0 Å². The molecule has 136 valence electrons. The Labute approximate surface area is 158 Å². The van der Waals surface area contributed by atoms with Gasteiger partial charge in [-0.05, 0) is 42.2 Å².